The zero-order chi connectivity index (χ0) is 18.8. The molecule has 1 aliphatic carbocycles. The predicted molar refractivity (Wildman–Crippen MR) is 122 cm³/mol. The molecule has 1 heterocycles. The van der Waals surface area contributed by atoms with Crippen LogP contribution in [-0.2, 0) is 14.6 Å². The van der Waals surface area contributed by atoms with Crippen LogP contribution in [0, 0.1) is 0 Å². The van der Waals surface area contributed by atoms with Gasteiger partial charge in [0.05, 0.1) is 19.0 Å². The summed E-state index contributed by atoms with van der Waals surface area (Å²) in [4.78, 5) is 6.96. The highest BCUT2D eigenvalue weighted by atomic mass is 127. The minimum absolute atomic E-state index is 0. The number of likely N-dealkylation sites (tertiary alicyclic amines) is 1. The van der Waals surface area contributed by atoms with Crippen molar-refractivity contribution in [1.82, 2.24) is 15.5 Å². The van der Waals surface area contributed by atoms with E-state index in [2.05, 4.69) is 20.5 Å². The monoisotopic (exact) mass is 516 g/mol. The van der Waals surface area contributed by atoms with E-state index in [4.69, 9.17) is 4.74 Å². The fourth-order valence-electron chi connectivity index (χ4n) is 3.80. The van der Waals surface area contributed by atoms with Gasteiger partial charge in [-0.3, -0.25) is 4.99 Å². The number of halogens is 1. The maximum Gasteiger partial charge on any atom is 0.191 e. The summed E-state index contributed by atoms with van der Waals surface area (Å²) in [5.74, 6) is 0.868. The lowest BCUT2D eigenvalue weighted by Crippen LogP contribution is -2.51. The van der Waals surface area contributed by atoms with Crippen LogP contribution in [0.3, 0.4) is 0 Å². The molecule has 27 heavy (non-hydrogen) atoms. The third-order valence-electron chi connectivity index (χ3n) is 5.32. The summed E-state index contributed by atoms with van der Waals surface area (Å²) >= 11 is 0. The Morgan fingerprint density at radius 3 is 2.37 bits per heavy atom. The quantitative estimate of drug-likeness (QED) is 0.221. The Hall–Kier alpha value is -0.130. The first-order chi connectivity index (χ1) is 12.5. The molecule has 0 bridgehead atoms. The number of hydrogen-bond acceptors (Lipinski definition) is 5. The average Bonchev–Trinajstić information content (AvgIpc) is 2.64. The van der Waals surface area contributed by atoms with Gasteiger partial charge >= 0.3 is 0 Å². The number of nitrogens with zero attached hydrogens (tertiary/aromatic N) is 2. The Morgan fingerprint density at radius 1 is 1.11 bits per heavy atom. The molecule has 2 rings (SSSR count). The predicted octanol–water partition coefficient (Wildman–Crippen LogP) is 1.63. The van der Waals surface area contributed by atoms with Crippen molar-refractivity contribution in [3.8, 4) is 0 Å². The van der Waals surface area contributed by atoms with E-state index in [1.54, 1.807) is 7.05 Å². The summed E-state index contributed by atoms with van der Waals surface area (Å²) in [6.07, 6.45) is 10.5. The second-order valence-corrected chi connectivity index (χ2v) is 9.75. The van der Waals surface area contributed by atoms with Gasteiger partial charge in [-0.05, 0) is 25.7 Å². The standard InChI is InChI=1S/C18H36N4O3S.HI/c1-19-18(20-10-13-25-14-15-26(2,23)24)21-16-8-11-22(12-9-16)17-6-4-3-5-7-17;/h16-17H,3-15H2,1-2H3,(H2,19,20,21);1H. The molecule has 2 N–H and O–H groups in total. The van der Waals surface area contributed by atoms with Gasteiger partial charge in [0, 0.05) is 45.0 Å². The van der Waals surface area contributed by atoms with Crippen molar-refractivity contribution in [2.24, 2.45) is 4.99 Å². The Balaban J connectivity index is 0.00000364. The Kier molecular flexibility index (Phi) is 12.1. The van der Waals surface area contributed by atoms with Crippen LogP contribution in [0.2, 0.25) is 0 Å². The van der Waals surface area contributed by atoms with Gasteiger partial charge in [-0.2, -0.15) is 0 Å². The van der Waals surface area contributed by atoms with Crippen molar-refractivity contribution in [2.45, 2.75) is 57.0 Å². The van der Waals surface area contributed by atoms with Crippen LogP contribution in [0.5, 0.6) is 0 Å². The van der Waals surface area contributed by atoms with Crippen LogP contribution in [-0.4, -0.2) is 83.3 Å². The van der Waals surface area contributed by atoms with Crippen LogP contribution >= 0.6 is 24.0 Å². The molecule has 2 fully saturated rings. The van der Waals surface area contributed by atoms with Crippen molar-refractivity contribution >= 4 is 39.8 Å². The molecule has 2 aliphatic rings. The van der Waals surface area contributed by atoms with Crippen molar-refractivity contribution in [1.29, 1.82) is 0 Å². The van der Waals surface area contributed by atoms with Gasteiger partial charge < -0.3 is 20.3 Å². The van der Waals surface area contributed by atoms with E-state index >= 15 is 0 Å². The Labute approximate surface area is 182 Å². The van der Waals surface area contributed by atoms with Crippen LogP contribution in [0.1, 0.15) is 44.9 Å². The fraction of sp³-hybridized carbons (Fsp3) is 0.944. The minimum Gasteiger partial charge on any atom is -0.379 e. The molecule has 1 aliphatic heterocycles. The van der Waals surface area contributed by atoms with Crippen LogP contribution in [0.15, 0.2) is 4.99 Å². The second kappa shape index (κ2) is 13.2. The molecule has 0 aromatic carbocycles. The van der Waals surface area contributed by atoms with Gasteiger partial charge in [-0.15, -0.1) is 24.0 Å². The molecular formula is C18H37IN4O3S. The highest BCUT2D eigenvalue weighted by Crippen LogP contribution is 2.25. The molecule has 1 saturated heterocycles. The van der Waals surface area contributed by atoms with E-state index < -0.39 is 9.84 Å². The Bertz CT molecular complexity index is 531. The molecule has 7 nitrogen and oxygen atoms in total. The van der Waals surface area contributed by atoms with E-state index in [9.17, 15) is 8.42 Å². The van der Waals surface area contributed by atoms with Crippen LogP contribution in [0.4, 0.5) is 0 Å². The number of hydrogen-bond donors (Lipinski definition) is 2. The highest BCUT2D eigenvalue weighted by molar-refractivity contribution is 14.0. The number of nitrogens with one attached hydrogen (secondary N) is 2. The molecule has 0 atom stereocenters. The lowest BCUT2D eigenvalue weighted by molar-refractivity contribution is 0.119. The highest BCUT2D eigenvalue weighted by Gasteiger charge is 2.26. The van der Waals surface area contributed by atoms with Crippen molar-refractivity contribution < 1.29 is 13.2 Å². The number of rotatable bonds is 8. The van der Waals surface area contributed by atoms with Crippen molar-refractivity contribution in [2.75, 3.05) is 51.9 Å². The molecular weight excluding hydrogens is 479 g/mol. The topological polar surface area (TPSA) is 83.0 Å². The van der Waals surface area contributed by atoms with Crippen LogP contribution < -0.4 is 10.6 Å². The summed E-state index contributed by atoms with van der Waals surface area (Å²) in [6, 6.07) is 1.28. The summed E-state index contributed by atoms with van der Waals surface area (Å²) < 4.78 is 27.4. The van der Waals surface area contributed by atoms with E-state index in [1.165, 1.54) is 51.4 Å². The smallest absolute Gasteiger partial charge is 0.191 e. The maximum absolute atomic E-state index is 11.0. The first kappa shape index (κ1) is 24.9. The summed E-state index contributed by atoms with van der Waals surface area (Å²) in [6.45, 7) is 3.68. The van der Waals surface area contributed by atoms with Crippen molar-refractivity contribution in [3.05, 3.63) is 0 Å². The normalized spacial score (nSPS) is 20.9. The van der Waals surface area contributed by atoms with E-state index in [-0.39, 0.29) is 36.3 Å². The molecule has 0 amide bonds. The number of piperidine rings is 1. The van der Waals surface area contributed by atoms with E-state index in [0.717, 1.165) is 24.8 Å². The number of aliphatic imine (C=N–C) groups is 1. The first-order valence-corrected chi connectivity index (χ1v) is 12.0. The average molecular weight is 516 g/mol. The largest absolute Gasteiger partial charge is 0.379 e. The first-order valence-electron chi connectivity index (χ1n) is 9.94. The molecule has 0 unspecified atom stereocenters. The molecule has 0 aromatic rings. The zero-order valence-electron chi connectivity index (χ0n) is 16.8. The molecule has 9 heteroatoms. The Morgan fingerprint density at radius 2 is 1.78 bits per heavy atom. The second-order valence-electron chi connectivity index (χ2n) is 7.49. The number of sulfone groups is 1. The van der Waals surface area contributed by atoms with Crippen LogP contribution in [0.25, 0.3) is 0 Å². The van der Waals surface area contributed by atoms with Gasteiger partial charge in [0.25, 0.3) is 0 Å². The van der Waals surface area contributed by atoms with Gasteiger partial charge in [-0.1, -0.05) is 19.3 Å². The summed E-state index contributed by atoms with van der Waals surface area (Å²) in [5, 5.41) is 6.74. The molecule has 0 aromatic heterocycles. The molecule has 0 radical (unpaired) electrons. The van der Waals surface area contributed by atoms with E-state index in [0.29, 0.717) is 19.2 Å². The van der Waals surface area contributed by atoms with Gasteiger partial charge in [0.15, 0.2) is 5.96 Å². The summed E-state index contributed by atoms with van der Waals surface area (Å²) in [5.41, 5.74) is 0. The third kappa shape index (κ3) is 10.3. The molecule has 1 saturated carbocycles. The molecule has 160 valence electrons. The minimum atomic E-state index is -2.95. The fourth-order valence-corrected chi connectivity index (χ4v) is 4.22. The van der Waals surface area contributed by atoms with Gasteiger partial charge in [0.1, 0.15) is 9.84 Å². The lowest BCUT2D eigenvalue weighted by atomic mass is 9.92. The summed E-state index contributed by atoms with van der Waals surface area (Å²) in [7, 11) is -1.18. The van der Waals surface area contributed by atoms with Gasteiger partial charge in [-0.25, -0.2) is 8.42 Å². The van der Waals surface area contributed by atoms with Gasteiger partial charge in [0.2, 0.25) is 0 Å². The maximum atomic E-state index is 11.0. The zero-order valence-corrected chi connectivity index (χ0v) is 19.9. The van der Waals surface area contributed by atoms with E-state index in [1.807, 2.05) is 0 Å². The number of ether oxygens (including phenoxy) is 1. The number of guanidine groups is 1. The molecule has 0 spiro atoms. The lowest BCUT2D eigenvalue weighted by Gasteiger charge is -2.39. The van der Waals surface area contributed by atoms with Crippen molar-refractivity contribution in [3.63, 3.8) is 0 Å². The third-order valence-corrected chi connectivity index (χ3v) is 6.23. The SMILES string of the molecule is CN=C(NCCOCCS(C)(=O)=O)NC1CCN(C2CCCCC2)CC1.I.